The number of amides is 1. The number of hydrogen-bond donors (Lipinski definition) is 0. The van der Waals surface area contributed by atoms with Crippen molar-refractivity contribution in [1.29, 1.82) is 0 Å². The number of hydrogen-bond acceptors (Lipinski definition) is 4. The Labute approximate surface area is 153 Å². The third-order valence-electron chi connectivity index (χ3n) is 6.15. The van der Waals surface area contributed by atoms with Crippen molar-refractivity contribution in [3.8, 4) is 0 Å². The third kappa shape index (κ3) is 5.93. The summed E-state index contributed by atoms with van der Waals surface area (Å²) in [6.45, 7) is 11.9. The second-order valence-electron chi connectivity index (χ2n) is 8.74. The van der Waals surface area contributed by atoms with Crippen LogP contribution in [0.3, 0.4) is 0 Å². The van der Waals surface area contributed by atoms with Gasteiger partial charge in [-0.15, -0.1) is 0 Å². The molecule has 3 aliphatic rings. The molecule has 3 fully saturated rings. The van der Waals surface area contributed by atoms with E-state index in [9.17, 15) is 4.79 Å². The van der Waals surface area contributed by atoms with Crippen LogP contribution in [0.25, 0.3) is 0 Å². The van der Waals surface area contributed by atoms with E-state index in [2.05, 4.69) is 18.7 Å². The molecule has 1 amide bonds. The van der Waals surface area contributed by atoms with Crippen molar-refractivity contribution in [1.82, 2.24) is 9.80 Å². The lowest BCUT2D eigenvalue weighted by Crippen LogP contribution is -2.42. The maximum absolute atomic E-state index is 12.3. The van der Waals surface area contributed by atoms with E-state index in [1.807, 2.05) is 4.90 Å². The number of piperidine rings is 1. The number of rotatable bonds is 5. The van der Waals surface area contributed by atoms with Crippen LogP contribution in [-0.2, 0) is 14.3 Å². The molecule has 144 valence electrons. The van der Waals surface area contributed by atoms with E-state index in [1.165, 1.54) is 45.3 Å². The zero-order chi connectivity index (χ0) is 17.7. The Balaban J connectivity index is 1.32. The smallest absolute Gasteiger partial charge is 0.222 e. The van der Waals surface area contributed by atoms with Gasteiger partial charge in [0.25, 0.3) is 0 Å². The highest BCUT2D eigenvalue weighted by atomic mass is 16.5. The van der Waals surface area contributed by atoms with Crippen LogP contribution in [0.4, 0.5) is 0 Å². The third-order valence-corrected chi connectivity index (χ3v) is 6.15. The first-order valence-corrected chi connectivity index (χ1v) is 10.2. The minimum Gasteiger partial charge on any atom is -0.378 e. The monoisotopic (exact) mass is 352 g/mol. The second kappa shape index (κ2) is 8.83. The fraction of sp³-hybridized carbons (Fsp3) is 0.950. The number of carbonyl (C=O) groups is 1. The zero-order valence-corrected chi connectivity index (χ0v) is 16.2. The molecule has 3 heterocycles. The Morgan fingerprint density at radius 2 is 1.72 bits per heavy atom. The Kier molecular flexibility index (Phi) is 6.75. The predicted octanol–water partition coefficient (Wildman–Crippen LogP) is 2.54. The average Bonchev–Trinajstić information content (AvgIpc) is 2.61. The molecule has 25 heavy (non-hydrogen) atoms. The second-order valence-corrected chi connectivity index (χ2v) is 8.74. The molecular weight excluding hydrogens is 316 g/mol. The lowest BCUT2D eigenvalue weighted by molar-refractivity contribution is -0.135. The molecule has 1 unspecified atom stereocenters. The molecule has 5 nitrogen and oxygen atoms in total. The van der Waals surface area contributed by atoms with Crippen molar-refractivity contribution in [3.05, 3.63) is 0 Å². The van der Waals surface area contributed by atoms with Crippen molar-refractivity contribution < 1.29 is 14.3 Å². The summed E-state index contributed by atoms with van der Waals surface area (Å²) in [5.74, 6) is 1.84. The highest BCUT2D eigenvalue weighted by Crippen LogP contribution is 2.30. The van der Waals surface area contributed by atoms with Gasteiger partial charge in [-0.1, -0.05) is 0 Å². The van der Waals surface area contributed by atoms with Gasteiger partial charge in [-0.25, -0.2) is 0 Å². The normalized spacial score (nSPS) is 28.9. The molecule has 0 radical (unpaired) electrons. The lowest BCUT2D eigenvalue weighted by atomic mass is 9.86. The summed E-state index contributed by atoms with van der Waals surface area (Å²) in [6.07, 6.45) is 6.68. The molecule has 0 saturated carbocycles. The molecule has 0 aliphatic carbocycles. The first-order chi connectivity index (χ1) is 12.0. The molecule has 0 bridgehead atoms. The molecule has 3 aliphatic heterocycles. The molecule has 3 saturated heterocycles. The Bertz CT molecular complexity index is 427. The highest BCUT2D eigenvalue weighted by molar-refractivity contribution is 5.76. The van der Waals surface area contributed by atoms with Gasteiger partial charge in [0.1, 0.15) is 0 Å². The van der Waals surface area contributed by atoms with Crippen LogP contribution in [0.15, 0.2) is 0 Å². The van der Waals surface area contributed by atoms with E-state index in [0.29, 0.717) is 19.1 Å². The first-order valence-electron chi connectivity index (χ1n) is 10.2. The average molecular weight is 353 g/mol. The van der Waals surface area contributed by atoms with Gasteiger partial charge in [-0.3, -0.25) is 4.79 Å². The minimum absolute atomic E-state index is 0.0566. The lowest BCUT2D eigenvalue weighted by Gasteiger charge is -2.40. The maximum Gasteiger partial charge on any atom is 0.222 e. The van der Waals surface area contributed by atoms with E-state index in [1.54, 1.807) is 0 Å². The van der Waals surface area contributed by atoms with E-state index < -0.39 is 0 Å². The minimum atomic E-state index is 0.0566. The molecule has 0 aromatic carbocycles. The predicted molar refractivity (Wildman–Crippen MR) is 98.6 cm³/mol. The Morgan fingerprint density at radius 1 is 1.00 bits per heavy atom. The summed E-state index contributed by atoms with van der Waals surface area (Å²) in [5, 5.41) is 0. The molecule has 0 aromatic rings. The van der Waals surface area contributed by atoms with Gasteiger partial charge in [-0.2, -0.15) is 0 Å². The summed E-state index contributed by atoms with van der Waals surface area (Å²) >= 11 is 0. The van der Waals surface area contributed by atoms with Crippen LogP contribution < -0.4 is 0 Å². The largest absolute Gasteiger partial charge is 0.378 e. The highest BCUT2D eigenvalue weighted by Gasteiger charge is 2.31. The van der Waals surface area contributed by atoms with Gasteiger partial charge >= 0.3 is 0 Å². The first kappa shape index (κ1) is 19.1. The van der Waals surface area contributed by atoms with Crippen molar-refractivity contribution in [3.63, 3.8) is 0 Å². The summed E-state index contributed by atoms with van der Waals surface area (Å²) < 4.78 is 11.2. The fourth-order valence-corrected chi connectivity index (χ4v) is 4.64. The topological polar surface area (TPSA) is 42.0 Å². The molecular formula is C20H36N2O3. The molecule has 0 N–H and O–H groups in total. The van der Waals surface area contributed by atoms with Gasteiger partial charge in [0, 0.05) is 32.7 Å². The maximum atomic E-state index is 12.3. The van der Waals surface area contributed by atoms with E-state index in [-0.39, 0.29) is 5.60 Å². The Morgan fingerprint density at radius 3 is 2.40 bits per heavy atom. The van der Waals surface area contributed by atoms with E-state index in [0.717, 1.165) is 44.4 Å². The molecule has 3 rings (SSSR count). The summed E-state index contributed by atoms with van der Waals surface area (Å²) in [4.78, 5) is 16.9. The van der Waals surface area contributed by atoms with Crippen LogP contribution in [0.2, 0.25) is 0 Å². The Hall–Kier alpha value is -0.650. The van der Waals surface area contributed by atoms with Crippen molar-refractivity contribution in [2.24, 2.45) is 11.8 Å². The summed E-state index contributed by atoms with van der Waals surface area (Å²) in [6, 6.07) is 0. The van der Waals surface area contributed by atoms with Crippen molar-refractivity contribution >= 4 is 5.91 Å². The number of nitrogens with zero attached hydrogens (tertiary/aromatic N) is 2. The molecule has 1 atom stereocenters. The summed E-state index contributed by atoms with van der Waals surface area (Å²) in [7, 11) is 0. The number of likely N-dealkylation sites (tertiary alicyclic amines) is 1. The number of morpholine rings is 1. The van der Waals surface area contributed by atoms with Crippen molar-refractivity contribution in [2.75, 3.05) is 52.5 Å². The van der Waals surface area contributed by atoms with Gasteiger partial charge in [0.2, 0.25) is 5.91 Å². The van der Waals surface area contributed by atoms with E-state index >= 15 is 0 Å². The van der Waals surface area contributed by atoms with Gasteiger partial charge in [0.15, 0.2) is 0 Å². The molecule has 0 aromatic heterocycles. The molecule has 0 spiro atoms. The van der Waals surface area contributed by atoms with E-state index in [4.69, 9.17) is 9.47 Å². The van der Waals surface area contributed by atoms with Gasteiger partial charge in [0.05, 0.1) is 18.8 Å². The fourth-order valence-electron chi connectivity index (χ4n) is 4.64. The van der Waals surface area contributed by atoms with Crippen LogP contribution in [0.5, 0.6) is 0 Å². The van der Waals surface area contributed by atoms with Crippen LogP contribution >= 0.6 is 0 Å². The van der Waals surface area contributed by atoms with Crippen LogP contribution in [-0.4, -0.2) is 73.9 Å². The van der Waals surface area contributed by atoms with Crippen molar-refractivity contribution in [2.45, 2.75) is 58.0 Å². The quantitative estimate of drug-likeness (QED) is 0.763. The number of ether oxygens (including phenoxy) is 2. The van der Waals surface area contributed by atoms with Crippen LogP contribution in [0, 0.1) is 11.8 Å². The van der Waals surface area contributed by atoms with Gasteiger partial charge < -0.3 is 19.3 Å². The van der Waals surface area contributed by atoms with Crippen LogP contribution in [0.1, 0.15) is 52.4 Å². The number of carbonyl (C=O) groups excluding carboxylic acids is 1. The SMILES string of the molecule is CC1(C)CC(CN2CCC(CCC(=O)N3CCOCC3)CC2)CCO1. The molecule has 5 heteroatoms. The summed E-state index contributed by atoms with van der Waals surface area (Å²) in [5.41, 5.74) is 0.0566. The zero-order valence-electron chi connectivity index (χ0n) is 16.2. The van der Waals surface area contributed by atoms with Gasteiger partial charge in [-0.05, 0) is 70.9 Å². The standard InChI is InChI=1S/C20H36N2O3/c1-20(2)15-18(7-12-25-20)16-21-8-5-17(6-9-21)3-4-19(23)22-10-13-24-14-11-22/h17-18H,3-16H2,1-2H3.